The summed E-state index contributed by atoms with van der Waals surface area (Å²) in [6, 6.07) is 11.4. The van der Waals surface area contributed by atoms with Crippen molar-refractivity contribution in [3.8, 4) is 6.07 Å². The van der Waals surface area contributed by atoms with Gasteiger partial charge >= 0.3 is 0 Å². The van der Waals surface area contributed by atoms with Crippen LogP contribution in [0, 0.1) is 11.3 Å². The maximum Gasteiger partial charge on any atom is 0.238 e. The Hall–Kier alpha value is -1.87. The number of anilines is 1. The molecule has 0 saturated carbocycles. The van der Waals surface area contributed by atoms with Crippen LogP contribution in [0.4, 0.5) is 5.69 Å². The Morgan fingerprint density at radius 3 is 3.09 bits per heavy atom. The quantitative estimate of drug-likeness (QED) is 0.909. The van der Waals surface area contributed by atoms with E-state index in [0.717, 1.165) is 19.4 Å². The summed E-state index contributed by atoms with van der Waals surface area (Å²) in [5.74, 6) is -0.118. The first-order valence-electron chi connectivity index (χ1n) is 7.44. The van der Waals surface area contributed by atoms with Crippen molar-refractivity contribution < 1.29 is 4.79 Å². The topological polar surface area (TPSA) is 56.1 Å². The first kappa shape index (κ1) is 16.0. The standard InChI is InChI=1S/C17H16ClN3OS/c18-13-6-5-12(10-19)14(9-13)20-17(22)11-21-7-1-3-15(21)16-4-2-8-23-16/h2,4-6,8-9,15H,1,3,7,11H2,(H,20,22)/t15-/m0/s1. The number of rotatable bonds is 4. The Morgan fingerprint density at radius 2 is 2.35 bits per heavy atom. The molecule has 0 spiro atoms. The fourth-order valence-corrected chi connectivity index (χ4v) is 3.98. The molecule has 0 unspecified atom stereocenters. The van der Waals surface area contributed by atoms with Crippen LogP contribution in [-0.4, -0.2) is 23.9 Å². The van der Waals surface area contributed by atoms with Gasteiger partial charge in [0.25, 0.3) is 0 Å². The van der Waals surface area contributed by atoms with Gasteiger partial charge in [-0.15, -0.1) is 11.3 Å². The minimum Gasteiger partial charge on any atom is -0.324 e. The van der Waals surface area contributed by atoms with Crippen LogP contribution in [0.1, 0.15) is 29.3 Å². The number of nitrogens with zero attached hydrogens (tertiary/aromatic N) is 2. The molecule has 2 aromatic rings. The lowest BCUT2D eigenvalue weighted by atomic mass is 10.2. The maximum absolute atomic E-state index is 12.4. The van der Waals surface area contributed by atoms with Crippen molar-refractivity contribution in [3.63, 3.8) is 0 Å². The molecular formula is C17H16ClN3OS. The van der Waals surface area contributed by atoms with E-state index in [9.17, 15) is 4.79 Å². The zero-order valence-corrected chi connectivity index (χ0v) is 14.0. The summed E-state index contributed by atoms with van der Waals surface area (Å²) in [7, 11) is 0. The second-order valence-corrected chi connectivity index (χ2v) is 6.91. The Morgan fingerprint density at radius 1 is 1.48 bits per heavy atom. The number of carbonyl (C=O) groups excluding carboxylic acids is 1. The van der Waals surface area contributed by atoms with Crippen molar-refractivity contribution in [1.82, 2.24) is 4.90 Å². The number of amides is 1. The van der Waals surface area contributed by atoms with Crippen LogP contribution in [0.25, 0.3) is 0 Å². The molecule has 4 nitrogen and oxygen atoms in total. The second-order valence-electron chi connectivity index (χ2n) is 5.49. The number of halogens is 1. The Labute approximate surface area is 144 Å². The number of nitriles is 1. The Bertz CT molecular complexity index is 739. The third kappa shape index (κ3) is 3.73. The predicted octanol–water partition coefficient (Wildman–Crippen LogP) is 4.05. The lowest BCUT2D eigenvalue weighted by molar-refractivity contribution is -0.117. The van der Waals surface area contributed by atoms with Crippen LogP contribution in [0.3, 0.4) is 0 Å². The van der Waals surface area contributed by atoms with Crippen molar-refractivity contribution in [2.24, 2.45) is 0 Å². The van der Waals surface area contributed by atoms with E-state index in [1.54, 1.807) is 29.5 Å². The normalized spacial score (nSPS) is 17.8. The summed E-state index contributed by atoms with van der Waals surface area (Å²) >= 11 is 7.68. The van der Waals surface area contributed by atoms with E-state index in [1.165, 1.54) is 4.88 Å². The van der Waals surface area contributed by atoms with Crippen molar-refractivity contribution in [1.29, 1.82) is 5.26 Å². The highest BCUT2D eigenvalue weighted by atomic mass is 35.5. The van der Waals surface area contributed by atoms with Crippen LogP contribution in [-0.2, 0) is 4.79 Å². The predicted molar refractivity (Wildman–Crippen MR) is 92.7 cm³/mol. The highest BCUT2D eigenvalue weighted by Gasteiger charge is 2.28. The summed E-state index contributed by atoms with van der Waals surface area (Å²) in [6.45, 7) is 1.23. The summed E-state index contributed by atoms with van der Waals surface area (Å²) in [6.07, 6.45) is 2.17. The van der Waals surface area contributed by atoms with E-state index in [2.05, 4.69) is 27.7 Å². The number of thiophene rings is 1. The van der Waals surface area contributed by atoms with E-state index >= 15 is 0 Å². The van der Waals surface area contributed by atoms with Gasteiger partial charge < -0.3 is 5.32 Å². The molecule has 118 valence electrons. The van der Waals surface area contributed by atoms with Crippen molar-refractivity contribution in [2.75, 3.05) is 18.4 Å². The number of nitrogens with one attached hydrogen (secondary N) is 1. The highest BCUT2D eigenvalue weighted by Crippen LogP contribution is 2.34. The van der Waals surface area contributed by atoms with Gasteiger partial charge in [-0.3, -0.25) is 9.69 Å². The molecule has 1 fully saturated rings. The fraction of sp³-hybridized carbons (Fsp3) is 0.294. The van der Waals surface area contributed by atoms with Gasteiger partial charge in [0.05, 0.1) is 17.8 Å². The van der Waals surface area contributed by atoms with E-state index in [4.69, 9.17) is 16.9 Å². The van der Waals surface area contributed by atoms with E-state index in [0.29, 0.717) is 28.9 Å². The van der Waals surface area contributed by atoms with Crippen LogP contribution < -0.4 is 5.32 Å². The van der Waals surface area contributed by atoms with Crippen molar-refractivity contribution in [3.05, 3.63) is 51.2 Å². The van der Waals surface area contributed by atoms with Gasteiger partial charge in [0.15, 0.2) is 0 Å². The molecule has 3 rings (SSSR count). The maximum atomic E-state index is 12.4. The molecule has 1 aromatic heterocycles. The third-order valence-corrected chi connectivity index (χ3v) is 5.17. The average Bonchev–Trinajstić information content (AvgIpc) is 3.18. The number of likely N-dealkylation sites (tertiary alicyclic amines) is 1. The SMILES string of the molecule is N#Cc1ccc(Cl)cc1NC(=O)CN1CCC[C@H]1c1cccs1. The lowest BCUT2D eigenvalue weighted by Gasteiger charge is -2.23. The van der Waals surface area contributed by atoms with E-state index < -0.39 is 0 Å². The average molecular weight is 346 g/mol. The molecule has 1 saturated heterocycles. The minimum absolute atomic E-state index is 0.118. The van der Waals surface area contributed by atoms with Crippen LogP contribution in [0.15, 0.2) is 35.7 Å². The Balaban J connectivity index is 1.68. The number of benzene rings is 1. The smallest absolute Gasteiger partial charge is 0.238 e. The number of carbonyl (C=O) groups is 1. The van der Waals surface area contributed by atoms with Crippen molar-refractivity contribution >= 4 is 34.5 Å². The zero-order chi connectivity index (χ0) is 16.2. The third-order valence-electron chi connectivity index (χ3n) is 3.96. The highest BCUT2D eigenvalue weighted by molar-refractivity contribution is 7.10. The molecule has 1 aromatic carbocycles. The fourth-order valence-electron chi connectivity index (χ4n) is 2.91. The van der Waals surface area contributed by atoms with Gasteiger partial charge in [0.2, 0.25) is 5.91 Å². The first-order valence-corrected chi connectivity index (χ1v) is 8.70. The molecule has 6 heteroatoms. The largest absolute Gasteiger partial charge is 0.324 e. The summed E-state index contributed by atoms with van der Waals surface area (Å²) in [5.41, 5.74) is 0.885. The van der Waals surface area contributed by atoms with Gasteiger partial charge in [-0.05, 0) is 49.0 Å². The summed E-state index contributed by atoms with van der Waals surface area (Å²) in [4.78, 5) is 15.9. The van der Waals surface area contributed by atoms with E-state index in [1.807, 2.05) is 6.07 Å². The van der Waals surface area contributed by atoms with Gasteiger partial charge in [0, 0.05) is 15.9 Å². The van der Waals surface area contributed by atoms with Crippen LogP contribution in [0.5, 0.6) is 0 Å². The molecule has 0 radical (unpaired) electrons. The summed E-state index contributed by atoms with van der Waals surface area (Å²) in [5, 5.41) is 14.5. The molecule has 23 heavy (non-hydrogen) atoms. The molecule has 2 heterocycles. The van der Waals surface area contributed by atoms with Crippen LogP contribution in [0.2, 0.25) is 5.02 Å². The van der Waals surface area contributed by atoms with E-state index in [-0.39, 0.29) is 5.91 Å². The van der Waals surface area contributed by atoms with Gasteiger partial charge in [0.1, 0.15) is 6.07 Å². The molecule has 1 N–H and O–H groups in total. The monoisotopic (exact) mass is 345 g/mol. The van der Waals surface area contributed by atoms with Crippen molar-refractivity contribution in [2.45, 2.75) is 18.9 Å². The lowest BCUT2D eigenvalue weighted by Crippen LogP contribution is -2.32. The number of hydrogen-bond acceptors (Lipinski definition) is 4. The van der Waals surface area contributed by atoms with Gasteiger partial charge in [-0.25, -0.2) is 0 Å². The molecule has 1 aliphatic heterocycles. The number of hydrogen-bond donors (Lipinski definition) is 1. The second kappa shape index (κ2) is 7.14. The molecular weight excluding hydrogens is 330 g/mol. The Kier molecular flexibility index (Phi) is 4.97. The first-order chi connectivity index (χ1) is 11.2. The molecule has 1 atom stereocenters. The summed E-state index contributed by atoms with van der Waals surface area (Å²) < 4.78 is 0. The van der Waals surface area contributed by atoms with Crippen LogP contribution >= 0.6 is 22.9 Å². The molecule has 1 aliphatic rings. The molecule has 0 aliphatic carbocycles. The van der Waals surface area contributed by atoms with Gasteiger partial charge in [-0.1, -0.05) is 17.7 Å². The minimum atomic E-state index is -0.118. The molecule has 1 amide bonds. The zero-order valence-electron chi connectivity index (χ0n) is 12.5. The van der Waals surface area contributed by atoms with Gasteiger partial charge in [-0.2, -0.15) is 5.26 Å². The molecule has 0 bridgehead atoms.